The highest BCUT2D eigenvalue weighted by Gasteiger charge is 2.48. The first-order valence-electron chi connectivity index (χ1n) is 37.9. The minimum absolute atomic E-state index is 0.0350. The average Bonchev–Trinajstić information content (AvgIpc) is 0.669. The fourth-order valence-electron chi connectivity index (χ4n) is 16.0. The van der Waals surface area contributed by atoms with Gasteiger partial charge in [-0.2, -0.15) is 52.7 Å². The van der Waals surface area contributed by atoms with Crippen molar-refractivity contribution in [2.75, 3.05) is 0 Å². The number of imide groups is 2. The third-order valence-electron chi connectivity index (χ3n) is 21.5. The van der Waals surface area contributed by atoms with Crippen LogP contribution >= 0.6 is 0 Å². The van der Waals surface area contributed by atoms with Gasteiger partial charge in [-0.25, -0.2) is 9.59 Å². The molecule has 0 bridgehead atoms. The van der Waals surface area contributed by atoms with Crippen LogP contribution in [0, 0.1) is 0 Å². The molecule has 2 heterocycles. The molecule has 2 N–H and O–H groups in total. The molecular formula is C90H68F12N4O14. The van der Waals surface area contributed by atoms with Crippen molar-refractivity contribution in [3.8, 4) is 46.0 Å². The highest BCUT2D eigenvalue weighted by Crippen LogP contribution is 2.59. The van der Waals surface area contributed by atoms with Crippen LogP contribution in [0.3, 0.4) is 0 Å². The molecule has 6 amide bonds. The van der Waals surface area contributed by atoms with E-state index in [2.05, 4.69) is 23.8 Å². The average molecular weight is 1660 g/mol. The van der Waals surface area contributed by atoms with Gasteiger partial charge in [0, 0.05) is 92.0 Å². The first-order valence-corrected chi connectivity index (χ1v) is 37.9. The second-order valence-electron chi connectivity index (χ2n) is 29.9. The smallest absolute Gasteiger partial charge is 0.416 e. The summed E-state index contributed by atoms with van der Waals surface area (Å²) in [4.78, 5) is 124. The van der Waals surface area contributed by atoms with Gasteiger partial charge in [0.2, 0.25) is 11.8 Å². The van der Waals surface area contributed by atoms with E-state index in [1.807, 2.05) is 0 Å². The number of hydrogen-bond acceptors (Lipinski definition) is 14. The number of hydrogen-bond donors (Lipinski definition) is 2. The van der Waals surface area contributed by atoms with Gasteiger partial charge in [-0.1, -0.05) is 98.1 Å². The summed E-state index contributed by atoms with van der Waals surface area (Å²) in [6.45, 7) is 10.2. The van der Waals surface area contributed by atoms with E-state index in [1.54, 1.807) is 60.7 Å². The largest absolute Gasteiger partial charge is 0.459 e. The Bertz CT molecular complexity index is 5440. The molecule has 120 heavy (non-hydrogen) atoms. The molecule has 11 aromatic carbocycles. The Morgan fingerprint density at radius 3 is 0.908 bits per heavy atom. The van der Waals surface area contributed by atoms with E-state index in [1.165, 1.54) is 13.8 Å². The number of esters is 2. The molecule has 2 fully saturated rings. The van der Waals surface area contributed by atoms with E-state index in [4.69, 9.17) is 28.4 Å². The van der Waals surface area contributed by atoms with E-state index in [-0.39, 0.29) is 36.8 Å². The van der Waals surface area contributed by atoms with Crippen LogP contribution in [0.25, 0.3) is 43.1 Å². The van der Waals surface area contributed by atoms with Gasteiger partial charge in [-0.3, -0.25) is 38.6 Å². The molecule has 18 nitrogen and oxygen atoms in total. The van der Waals surface area contributed by atoms with Gasteiger partial charge in [0.1, 0.15) is 70.3 Å². The Hall–Kier alpha value is -13.3. The molecule has 11 aromatic rings. The molecule has 0 aromatic heterocycles. The summed E-state index contributed by atoms with van der Waals surface area (Å²) in [6.07, 6.45) is -20.8. The van der Waals surface area contributed by atoms with Crippen LogP contribution in [-0.2, 0) is 66.2 Å². The second-order valence-corrected chi connectivity index (χ2v) is 29.9. The number of nitrogens with zero attached hydrogens (tertiary/aromatic N) is 2. The van der Waals surface area contributed by atoms with Crippen LogP contribution in [0.1, 0.15) is 140 Å². The van der Waals surface area contributed by atoms with Crippen LogP contribution in [-0.4, -0.2) is 93.6 Å². The number of benzene rings is 11. The maximum Gasteiger partial charge on any atom is 0.416 e. The lowest BCUT2D eigenvalue weighted by molar-refractivity contribution is -0.147. The molecule has 2 aliphatic carbocycles. The number of halogens is 12. The fourth-order valence-corrected chi connectivity index (χ4v) is 16.0. The summed E-state index contributed by atoms with van der Waals surface area (Å²) >= 11 is 0. The second kappa shape index (κ2) is 31.9. The molecule has 15 rings (SSSR count). The standard InChI is InChI=1S/C90H68F12N4O14/c1-45(2)85(113)119-59-31-15-25-53(39-59)103-79(107)65(33-47-17-7-5-8-18-47)105-81(109)61-41-67(115-55-27-11-21-49(35-55)87(91,92)93)73-75-69(117-57-29-13-23-51(37-57)89(97,98)99)43-63-72-64(84(112)106(83(63)111)66(34-48-19-9-6-10-20-48)80(108)104-54-26-16-32-60(40-54)120-86(114)46(3)4)44-70(118-58-30-14-24-52(38-58)90(100,101)102)76(78(72)75)74-68(42-62(82(105)110)71(61)77(73)74)116-56-28-12-22-50(36-56)88(94,95)96/h5-14,17-24,27-30,35-38,41-44,53-54,59-60,65-66H,1,3,15-16,25-26,31-34,39-40H2,2,4H3,(H,103,107)(H,104,108). The summed E-state index contributed by atoms with van der Waals surface area (Å²) in [5, 5.41) is 1.54. The van der Waals surface area contributed by atoms with Gasteiger partial charge in [-0.15, -0.1) is 0 Å². The lowest BCUT2D eigenvalue weighted by Gasteiger charge is -2.37. The number of carbonyl (C=O) groups is 8. The van der Waals surface area contributed by atoms with E-state index in [0.29, 0.717) is 95.1 Å². The van der Waals surface area contributed by atoms with Crippen LogP contribution in [0.15, 0.2) is 206 Å². The first-order chi connectivity index (χ1) is 56.9. The highest BCUT2D eigenvalue weighted by molar-refractivity contribution is 6.45. The van der Waals surface area contributed by atoms with E-state index < -0.39 is 255 Å². The molecule has 0 saturated heterocycles. The lowest BCUT2D eigenvalue weighted by atomic mass is 9.80. The predicted molar refractivity (Wildman–Crippen MR) is 413 cm³/mol. The molecule has 4 aliphatic rings. The van der Waals surface area contributed by atoms with Crippen LogP contribution in [0.5, 0.6) is 46.0 Å². The van der Waals surface area contributed by atoms with E-state index in [0.717, 1.165) is 72.8 Å². The molecule has 0 radical (unpaired) electrons. The van der Waals surface area contributed by atoms with Crippen LogP contribution < -0.4 is 29.6 Å². The molecule has 2 saturated carbocycles. The molecular weight excluding hydrogens is 1590 g/mol. The van der Waals surface area contributed by atoms with Crippen LogP contribution in [0.2, 0.25) is 0 Å². The molecule has 6 unspecified atom stereocenters. The van der Waals surface area contributed by atoms with Gasteiger partial charge in [0.25, 0.3) is 23.6 Å². The van der Waals surface area contributed by atoms with Gasteiger partial charge < -0.3 is 39.1 Å². The molecule has 2 aliphatic heterocycles. The minimum Gasteiger partial charge on any atom is -0.459 e. The summed E-state index contributed by atoms with van der Waals surface area (Å²) in [5.41, 5.74) is -7.02. The zero-order valence-corrected chi connectivity index (χ0v) is 63.4. The Morgan fingerprint density at radius 1 is 0.375 bits per heavy atom. The van der Waals surface area contributed by atoms with Gasteiger partial charge in [0.05, 0.1) is 44.5 Å². The minimum atomic E-state index is -5.12. The van der Waals surface area contributed by atoms with Gasteiger partial charge in [-0.05, 0) is 161 Å². The fraction of sp³-hybridized carbons (Fsp3) is 0.244. The van der Waals surface area contributed by atoms with Gasteiger partial charge in [0.15, 0.2) is 0 Å². The van der Waals surface area contributed by atoms with Gasteiger partial charge >= 0.3 is 36.6 Å². The number of alkyl halides is 12. The first kappa shape index (κ1) is 81.8. The Labute approximate surface area is 674 Å². The number of carbonyl (C=O) groups excluding carboxylic acids is 8. The quantitative estimate of drug-likeness (QED) is 0.0161. The van der Waals surface area contributed by atoms with Crippen molar-refractivity contribution in [3.63, 3.8) is 0 Å². The lowest BCUT2D eigenvalue weighted by Crippen LogP contribution is -2.56. The van der Waals surface area contributed by atoms with E-state index >= 15 is 81.5 Å². The SMILES string of the molecule is C=C(C)C(=O)OC1CCCC(NC(=O)C(Cc2ccccc2)N2C(=O)c3cc(Oc4cccc(C(F)(F)F)c4)c4c5c(Oc6cccc(C(F)(F)F)c6)cc6c7c(cc(Oc8cccc(C(F)(F)F)c8)c(c8c(Oc9cccc(C(F)(F)F)c9)cc(c3c48)C2=O)c75)C(=O)N(C(Cc2ccccc2)C(=O)NC2CCCC(OC(=O)C(=C)C)C2)C6=O)C1. The number of nitrogens with one attached hydrogen (secondary N) is 2. The zero-order valence-electron chi connectivity index (χ0n) is 63.4. The molecule has 0 spiro atoms. The molecule has 616 valence electrons. The normalized spacial score (nSPS) is 17.6. The molecule has 30 heteroatoms. The number of rotatable bonds is 22. The maximum absolute atomic E-state index is 16.6. The Balaban J connectivity index is 1.06. The van der Waals surface area contributed by atoms with Crippen molar-refractivity contribution in [1.82, 2.24) is 20.4 Å². The predicted octanol–water partition coefficient (Wildman–Crippen LogP) is 20.5. The van der Waals surface area contributed by atoms with Crippen molar-refractivity contribution < 1.29 is 119 Å². The summed E-state index contributed by atoms with van der Waals surface area (Å²) in [6, 6.07) is 27.0. The summed E-state index contributed by atoms with van der Waals surface area (Å²) in [7, 11) is 0. The Morgan fingerprint density at radius 2 is 0.650 bits per heavy atom. The maximum atomic E-state index is 16.6. The van der Waals surface area contributed by atoms with Crippen molar-refractivity contribution in [3.05, 3.63) is 262 Å². The summed E-state index contributed by atoms with van der Waals surface area (Å²) < 4.78 is 219. The van der Waals surface area contributed by atoms with Crippen LogP contribution in [0.4, 0.5) is 52.7 Å². The topological polar surface area (TPSA) is 222 Å². The number of amides is 6. The third-order valence-corrected chi connectivity index (χ3v) is 21.5. The van der Waals surface area contributed by atoms with Crippen molar-refractivity contribution in [1.29, 1.82) is 0 Å². The highest BCUT2D eigenvalue weighted by atomic mass is 19.4. The van der Waals surface area contributed by atoms with E-state index in [9.17, 15) is 9.59 Å². The molecule has 6 atom stereocenters. The van der Waals surface area contributed by atoms with Crippen molar-refractivity contribution in [2.24, 2.45) is 0 Å². The number of ether oxygens (including phenoxy) is 6. The van der Waals surface area contributed by atoms with Crippen molar-refractivity contribution >= 4 is 90.5 Å². The van der Waals surface area contributed by atoms with Crippen molar-refractivity contribution in [2.45, 2.75) is 139 Å². The monoisotopic (exact) mass is 1660 g/mol. The zero-order chi connectivity index (χ0) is 85.3. The summed E-state index contributed by atoms with van der Waals surface area (Å²) in [5.74, 6) is -14.5. The number of fused-ring (bicyclic) bond motifs is 2. The third kappa shape index (κ3) is 16.3. The Kier molecular flexibility index (Phi) is 21.7.